The van der Waals surface area contributed by atoms with Crippen LogP contribution in [0, 0.1) is 11.3 Å². The van der Waals surface area contributed by atoms with Crippen molar-refractivity contribution in [1.29, 1.82) is 0 Å². The second kappa shape index (κ2) is 4.12. The lowest BCUT2D eigenvalue weighted by molar-refractivity contribution is -0.175. The standard InChI is InChI=1S/C14H24N2O2S/c1-12(2)10-9(4-7-18-10)14(12,15)11(17)16-8-13(19-3)5-6-13/h9-10H,4-8,15H2,1-3H3,(H,16,17). The van der Waals surface area contributed by atoms with Gasteiger partial charge in [0.1, 0.15) is 5.54 Å². The Morgan fingerprint density at radius 3 is 2.74 bits per heavy atom. The number of rotatable bonds is 4. The number of nitrogens with two attached hydrogens (primary N) is 1. The molecule has 4 nitrogen and oxygen atoms in total. The Bertz CT molecular complexity index is 408. The van der Waals surface area contributed by atoms with Crippen LogP contribution in [-0.4, -0.2) is 41.7 Å². The fourth-order valence-corrected chi connectivity index (χ4v) is 4.55. The first kappa shape index (κ1) is 13.7. The highest BCUT2D eigenvalue weighted by Gasteiger charge is 2.71. The second-order valence-corrected chi connectivity index (χ2v) is 8.12. The quantitative estimate of drug-likeness (QED) is 0.812. The summed E-state index contributed by atoms with van der Waals surface area (Å²) < 4.78 is 6.01. The van der Waals surface area contributed by atoms with Crippen molar-refractivity contribution >= 4 is 17.7 Å². The zero-order chi connectivity index (χ0) is 13.9. The van der Waals surface area contributed by atoms with Crippen molar-refractivity contribution in [3.05, 3.63) is 0 Å². The van der Waals surface area contributed by atoms with Gasteiger partial charge in [0.2, 0.25) is 5.91 Å². The third-order valence-corrected chi connectivity index (χ3v) is 7.06. The molecular weight excluding hydrogens is 260 g/mol. The average molecular weight is 284 g/mol. The maximum absolute atomic E-state index is 12.6. The van der Waals surface area contributed by atoms with Gasteiger partial charge in [-0.1, -0.05) is 13.8 Å². The van der Waals surface area contributed by atoms with Crippen molar-refractivity contribution in [2.24, 2.45) is 17.1 Å². The zero-order valence-corrected chi connectivity index (χ0v) is 12.8. The van der Waals surface area contributed by atoms with Gasteiger partial charge in [0.05, 0.1) is 6.10 Å². The Labute approximate surface area is 119 Å². The van der Waals surface area contributed by atoms with Gasteiger partial charge in [0.25, 0.3) is 0 Å². The number of nitrogens with one attached hydrogen (secondary N) is 1. The lowest BCUT2D eigenvalue weighted by atomic mass is 9.48. The van der Waals surface area contributed by atoms with Gasteiger partial charge in [0, 0.05) is 29.2 Å². The van der Waals surface area contributed by atoms with Gasteiger partial charge in [0.15, 0.2) is 0 Å². The molecule has 5 heteroatoms. The van der Waals surface area contributed by atoms with E-state index >= 15 is 0 Å². The summed E-state index contributed by atoms with van der Waals surface area (Å²) in [6.45, 7) is 5.60. The van der Waals surface area contributed by atoms with Gasteiger partial charge in [-0.05, 0) is 25.5 Å². The minimum atomic E-state index is -0.761. The molecule has 1 saturated heterocycles. The molecule has 3 atom stereocenters. The van der Waals surface area contributed by atoms with Crippen molar-refractivity contribution in [3.63, 3.8) is 0 Å². The third-order valence-electron chi connectivity index (χ3n) is 5.64. The van der Waals surface area contributed by atoms with E-state index in [-0.39, 0.29) is 28.1 Å². The molecule has 0 aromatic heterocycles. The summed E-state index contributed by atoms with van der Waals surface area (Å²) >= 11 is 1.86. The third kappa shape index (κ3) is 1.71. The number of thioether (sulfide) groups is 1. The molecule has 1 amide bonds. The number of ether oxygens (including phenoxy) is 1. The molecule has 2 saturated carbocycles. The van der Waals surface area contributed by atoms with E-state index in [0.29, 0.717) is 0 Å². The first-order chi connectivity index (χ1) is 8.87. The zero-order valence-electron chi connectivity index (χ0n) is 12.0. The van der Waals surface area contributed by atoms with Crippen molar-refractivity contribution in [3.8, 4) is 0 Å². The smallest absolute Gasteiger partial charge is 0.241 e. The van der Waals surface area contributed by atoms with Crippen molar-refractivity contribution < 1.29 is 9.53 Å². The van der Waals surface area contributed by atoms with E-state index in [1.54, 1.807) is 0 Å². The van der Waals surface area contributed by atoms with Crippen molar-refractivity contribution in [1.82, 2.24) is 5.32 Å². The Balaban J connectivity index is 1.68. The highest BCUT2D eigenvalue weighted by molar-refractivity contribution is 8.00. The highest BCUT2D eigenvalue weighted by atomic mass is 32.2. The Morgan fingerprint density at radius 1 is 1.47 bits per heavy atom. The molecular formula is C14H24N2O2S. The van der Waals surface area contributed by atoms with Gasteiger partial charge in [-0.3, -0.25) is 4.79 Å². The normalized spacial score (nSPS) is 41.3. The van der Waals surface area contributed by atoms with Gasteiger partial charge in [-0.2, -0.15) is 11.8 Å². The average Bonchev–Trinajstić information content (AvgIpc) is 3.01. The molecule has 1 heterocycles. The van der Waals surface area contributed by atoms with Crippen molar-refractivity contribution in [2.45, 2.75) is 49.5 Å². The maximum Gasteiger partial charge on any atom is 0.241 e. The lowest BCUT2D eigenvalue weighted by Crippen LogP contribution is -2.80. The van der Waals surface area contributed by atoms with Gasteiger partial charge in [-0.15, -0.1) is 0 Å². The fourth-order valence-electron chi connectivity index (χ4n) is 3.83. The number of hydrogen-bond acceptors (Lipinski definition) is 4. The van der Waals surface area contributed by atoms with Gasteiger partial charge < -0.3 is 15.8 Å². The molecule has 0 aromatic rings. The Kier molecular flexibility index (Phi) is 2.97. The summed E-state index contributed by atoms with van der Waals surface area (Å²) in [4.78, 5) is 12.6. The Morgan fingerprint density at radius 2 is 2.16 bits per heavy atom. The molecule has 3 unspecified atom stereocenters. The molecule has 0 radical (unpaired) electrons. The topological polar surface area (TPSA) is 64.4 Å². The molecule has 0 aromatic carbocycles. The van der Waals surface area contributed by atoms with Gasteiger partial charge in [-0.25, -0.2) is 0 Å². The number of carbonyl (C=O) groups is 1. The number of fused-ring (bicyclic) bond motifs is 1. The van der Waals surface area contributed by atoms with Crippen LogP contribution in [0.1, 0.15) is 33.1 Å². The summed E-state index contributed by atoms with van der Waals surface area (Å²) in [6.07, 6.45) is 5.57. The lowest BCUT2D eigenvalue weighted by Gasteiger charge is -2.60. The van der Waals surface area contributed by atoms with Crippen molar-refractivity contribution in [2.75, 3.05) is 19.4 Å². The summed E-state index contributed by atoms with van der Waals surface area (Å²) in [7, 11) is 0. The van der Waals surface area contributed by atoms with Crippen LogP contribution in [0.15, 0.2) is 0 Å². The van der Waals surface area contributed by atoms with Gasteiger partial charge >= 0.3 is 0 Å². The minimum absolute atomic E-state index is 0.0181. The molecule has 0 bridgehead atoms. The summed E-state index contributed by atoms with van der Waals surface area (Å²) in [6, 6.07) is 0. The van der Waals surface area contributed by atoms with Crippen LogP contribution in [0.2, 0.25) is 0 Å². The molecule has 3 fully saturated rings. The maximum atomic E-state index is 12.6. The molecule has 3 N–H and O–H groups in total. The molecule has 3 aliphatic rings. The van der Waals surface area contributed by atoms with E-state index < -0.39 is 5.54 Å². The van der Waals surface area contributed by atoms with E-state index in [0.717, 1.165) is 19.6 Å². The predicted molar refractivity (Wildman–Crippen MR) is 77.0 cm³/mol. The first-order valence-corrected chi connectivity index (χ1v) is 8.34. The molecule has 0 spiro atoms. The SMILES string of the molecule is CSC1(CNC(=O)C2(N)C3CCOC3C2(C)C)CC1. The molecule has 2 aliphatic carbocycles. The van der Waals surface area contributed by atoms with E-state index in [1.165, 1.54) is 12.8 Å². The monoisotopic (exact) mass is 284 g/mol. The van der Waals surface area contributed by atoms with E-state index in [9.17, 15) is 4.79 Å². The summed E-state index contributed by atoms with van der Waals surface area (Å²) in [5.74, 6) is 0.205. The largest absolute Gasteiger partial charge is 0.377 e. The van der Waals surface area contributed by atoms with E-state index in [1.807, 2.05) is 11.8 Å². The molecule has 3 rings (SSSR count). The van der Waals surface area contributed by atoms with Crippen LogP contribution >= 0.6 is 11.8 Å². The van der Waals surface area contributed by atoms with Crippen LogP contribution in [0.4, 0.5) is 0 Å². The van der Waals surface area contributed by atoms with Crippen LogP contribution < -0.4 is 11.1 Å². The molecule has 108 valence electrons. The molecule has 19 heavy (non-hydrogen) atoms. The minimum Gasteiger partial charge on any atom is -0.377 e. The summed E-state index contributed by atoms with van der Waals surface area (Å²) in [5, 5.41) is 3.11. The Hall–Kier alpha value is -0.260. The van der Waals surface area contributed by atoms with Crippen LogP contribution in [-0.2, 0) is 9.53 Å². The number of amides is 1. The first-order valence-electron chi connectivity index (χ1n) is 7.11. The molecule has 1 aliphatic heterocycles. The second-order valence-electron chi connectivity index (χ2n) is 6.85. The van der Waals surface area contributed by atoms with E-state index in [4.69, 9.17) is 10.5 Å². The van der Waals surface area contributed by atoms with Crippen LogP contribution in [0.3, 0.4) is 0 Å². The van der Waals surface area contributed by atoms with Crippen LogP contribution in [0.25, 0.3) is 0 Å². The fraction of sp³-hybridized carbons (Fsp3) is 0.929. The van der Waals surface area contributed by atoms with Crippen LogP contribution in [0.5, 0.6) is 0 Å². The summed E-state index contributed by atoms with van der Waals surface area (Å²) in [5.41, 5.74) is 5.47. The van der Waals surface area contributed by atoms with E-state index in [2.05, 4.69) is 25.4 Å². The predicted octanol–water partition coefficient (Wildman–Crippen LogP) is 1.14. The number of hydrogen-bond donors (Lipinski definition) is 2. The number of carbonyl (C=O) groups excluding carboxylic acids is 1. The highest BCUT2D eigenvalue weighted by Crippen LogP contribution is 2.58.